The van der Waals surface area contributed by atoms with Gasteiger partial charge < -0.3 is 0 Å². The van der Waals surface area contributed by atoms with Crippen LogP contribution in [-0.4, -0.2) is 0 Å². The van der Waals surface area contributed by atoms with Gasteiger partial charge in [0.15, 0.2) is 0 Å². The van der Waals surface area contributed by atoms with Crippen molar-refractivity contribution in [3.63, 3.8) is 0 Å². The molecular formula is C18H30. The average molecular weight is 246 g/mol. The highest BCUT2D eigenvalue weighted by atomic mass is 14.2. The van der Waals surface area contributed by atoms with Crippen molar-refractivity contribution in [1.29, 1.82) is 0 Å². The van der Waals surface area contributed by atoms with Gasteiger partial charge in [0.1, 0.15) is 0 Å². The smallest absolute Gasteiger partial charge is 0.0316 e. The molecule has 0 aromatic rings. The summed E-state index contributed by atoms with van der Waals surface area (Å²) in [5.74, 6) is 1.92. The molecule has 2 aliphatic carbocycles. The lowest BCUT2D eigenvalue weighted by atomic mass is 9.80. The molecule has 1 fully saturated rings. The molecular weight excluding hydrogens is 216 g/mol. The first kappa shape index (κ1) is 13.9. The van der Waals surface area contributed by atoms with Crippen LogP contribution in [0.1, 0.15) is 77.0 Å². The maximum atomic E-state index is 2.46. The fourth-order valence-electron chi connectivity index (χ4n) is 3.59. The van der Waals surface area contributed by atoms with E-state index >= 15 is 0 Å². The molecule has 0 atom stereocenters. The van der Waals surface area contributed by atoms with E-state index in [0.717, 1.165) is 11.8 Å². The van der Waals surface area contributed by atoms with Crippen molar-refractivity contribution in [3.05, 3.63) is 24.3 Å². The zero-order valence-electron chi connectivity index (χ0n) is 11.9. The topological polar surface area (TPSA) is 0 Å². The van der Waals surface area contributed by atoms with E-state index in [1.54, 1.807) is 0 Å². The number of rotatable bonds is 1. The van der Waals surface area contributed by atoms with E-state index in [-0.39, 0.29) is 0 Å². The predicted molar refractivity (Wildman–Crippen MR) is 80.7 cm³/mol. The van der Waals surface area contributed by atoms with Crippen LogP contribution in [-0.2, 0) is 0 Å². The van der Waals surface area contributed by atoms with E-state index in [2.05, 4.69) is 24.3 Å². The molecule has 0 aliphatic heterocycles. The van der Waals surface area contributed by atoms with E-state index in [9.17, 15) is 0 Å². The second-order valence-corrected chi connectivity index (χ2v) is 6.21. The van der Waals surface area contributed by atoms with Crippen molar-refractivity contribution in [2.24, 2.45) is 11.8 Å². The van der Waals surface area contributed by atoms with Crippen molar-refractivity contribution in [3.8, 4) is 0 Å². The lowest BCUT2D eigenvalue weighted by Crippen LogP contribution is -2.14. The molecule has 18 heavy (non-hydrogen) atoms. The summed E-state index contributed by atoms with van der Waals surface area (Å²) in [4.78, 5) is 0. The van der Waals surface area contributed by atoms with Crippen molar-refractivity contribution in [2.45, 2.75) is 77.0 Å². The summed E-state index contributed by atoms with van der Waals surface area (Å²) in [6, 6.07) is 0. The van der Waals surface area contributed by atoms with Crippen molar-refractivity contribution < 1.29 is 0 Å². The molecule has 0 aromatic heterocycles. The average Bonchev–Trinajstić information content (AvgIpc) is 2.61. The van der Waals surface area contributed by atoms with Crippen LogP contribution in [0.5, 0.6) is 0 Å². The lowest BCUT2D eigenvalue weighted by Gasteiger charge is -2.25. The van der Waals surface area contributed by atoms with Crippen molar-refractivity contribution in [2.75, 3.05) is 0 Å². The highest BCUT2D eigenvalue weighted by Crippen LogP contribution is 2.32. The van der Waals surface area contributed by atoms with Crippen LogP contribution in [0.15, 0.2) is 24.3 Å². The summed E-state index contributed by atoms with van der Waals surface area (Å²) in [6.07, 6.45) is 26.7. The van der Waals surface area contributed by atoms with Crippen LogP contribution in [0.2, 0.25) is 0 Å². The third-order valence-electron chi connectivity index (χ3n) is 4.78. The fraction of sp³-hybridized carbons (Fsp3) is 0.778. The Morgan fingerprint density at radius 2 is 1.00 bits per heavy atom. The summed E-state index contributed by atoms with van der Waals surface area (Å²) in [7, 11) is 0. The van der Waals surface area contributed by atoms with Gasteiger partial charge in [-0.2, -0.15) is 0 Å². The van der Waals surface area contributed by atoms with Gasteiger partial charge in [-0.15, -0.1) is 0 Å². The maximum absolute atomic E-state index is 2.46. The Balaban J connectivity index is 1.91. The molecule has 0 bridgehead atoms. The summed E-state index contributed by atoms with van der Waals surface area (Å²) >= 11 is 0. The number of allylic oxidation sites excluding steroid dienone is 4. The summed E-state index contributed by atoms with van der Waals surface area (Å²) in [6.45, 7) is 0. The van der Waals surface area contributed by atoms with Crippen LogP contribution in [0.25, 0.3) is 0 Å². The molecule has 0 heteroatoms. The predicted octanol–water partition coefficient (Wildman–Crippen LogP) is 6.04. The molecule has 2 aliphatic rings. The first-order chi connectivity index (χ1) is 8.97. The first-order valence-corrected chi connectivity index (χ1v) is 8.27. The molecule has 102 valence electrons. The minimum absolute atomic E-state index is 0.925. The van der Waals surface area contributed by atoms with E-state index in [1.165, 1.54) is 77.0 Å². The molecule has 0 radical (unpaired) electrons. The van der Waals surface area contributed by atoms with Crippen molar-refractivity contribution >= 4 is 0 Å². The first-order valence-electron chi connectivity index (χ1n) is 8.27. The Labute approximate surface area is 114 Å². The molecule has 0 N–H and O–H groups in total. The molecule has 0 aromatic carbocycles. The molecule has 0 saturated heterocycles. The Morgan fingerprint density at radius 3 is 1.56 bits per heavy atom. The Bertz CT molecular complexity index is 235. The molecule has 0 amide bonds. The van der Waals surface area contributed by atoms with Gasteiger partial charge in [0.25, 0.3) is 0 Å². The molecule has 0 heterocycles. The minimum atomic E-state index is 0.925. The quantitative estimate of drug-likeness (QED) is 0.495. The third-order valence-corrected chi connectivity index (χ3v) is 4.78. The van der Waals surface area contributed by atoms with E-state index in [1.807, 2.05) is 0 Å². The molecule has 2 rings (SSSR count). The van der Waals surface area contributed by atoms with E-state index in [4.69, 9.17) is 0 Å². The fourth-order valence-corrected chi connectivity index (χ4v) is 3.59. The summed E-state index contributed by atoms with van der Waals surface area (Å²) in [5.41, 5.74) is 0. The number of hydrogen-bond acceptors (Lipinski definition) is 0. The highest BCUT2D eigenvalue weighted by molar-refractivity contribution is 4.95. The SMILES string of the molecule is C1=C\CC(C2CCCCCCCC2)C/C=C\CC/1. The van der Waals surface area contributed by atoms with Gasteiger partial charge in [0, 0.05) is 0 Å². The zero-order chi connectivity index (χ0) is 12.5. The van der Waals surface area contributed by atoms with Crippen LogP contribution < -0.4 is 0 Å². The maximum Gasteiger partial charge on any atom is -0.0316 e. The standard InChI is InChI=1S/C18H30/c1-2-6-10-14-17(13-9-5-1)18-15-11-7-3-4-8-12-16-18/h5-6,9-10,17-18H,1-4,7-8,11-16H2/b9-5-,10-6-. The molecule has 0 unspecified atom stereocenters. The third kappa shape index (κ3) is 5.00. The van der Waals surface area contributed by atoms with Gasteiger partial charge in [-0.1, -0.05) is 75.7 Å². The summed E-state index contributed by atoms with van der Waals surface area (Å²) < 4.78 is 0. The normalized spacial score (nSPS) is 29.1. The van der Waals surface area contributed by atoms with Gasteiger partial charge in [-0.3, -0.25) is 0 Å². The van der Waals surface area contributed by atoms with Crippen LogP contribution in [0, 0.1) is 11.8 Å². The van der Waals surface area contributed by atoms with Gasteiger partial charge >= 0.3 is 0 Å². The lowest BCUT2D eigenvalue weighted by molar-refractivity contribution is 0.287. The van der Waals surface area contributed by atoms with Crippen molar-refractivity contribution in [1.82, 2.24) is 0 Å². The second kappa shape index (κ2) is 8.56. The van der Waals surface area contributed by atoms with Crippen LogP contribution >= 0.6 is 0 Å². The van der Waals surface area contributed by atoms with E-state index in [0.29, 0.717) is 0 Å². The second-order valence-electron chi connectivity index (χ2n) is 6.21. The number of hydrogen-bond donors (Lipinski definition) is 0. The highest BCUT2D eigenvalue weighted by Gasteiger charge is 2.19. The van der Waals surface area contributed by atoms with E-state index < -0.39 is 0 Å². The minimum Gasteiger partial charge on any atom is -0.0882 e. The Kier molecular flexibility index (Phi) is 6.61. The van der Waals surface area contributed by atoms with Crippen LogP contribution in [0.3, 0.4) is 0 Å². The largest absolute Gasteiger partial charge is 0.0882 e. The zero-order valence-corrected chi connectivity index (χ0v) is 11.9. The Hall–Kier alpha value is -0.520. The monoisotopic (exact) mass is 246 g/mol. The van der Waals surface area contributed by atoms with Gasteiger partial charge in [0.05, 0.1) is 0 Å². The Morgan fingerprint density at radius 1 is 0.500 bits per heavy atom. The van der Waals surface area contributed by atoms with Gasteiger partial charge in [-0.05, 0) is 37.5 Å². The van der Waals surface area contributed by atoms with Crippen LogP contribution in [0.4, 0.5) is 0 Å². The summed E-state index contributed by atoms with van der Waals surface area (Å²) in [5, 5.41) is 0. The van der Waals surface area contributed by atoms with Gasteiger partial charge in [-0.25, -0.2) is 0 Å². The molecule has 1 saturated carbocycles. The molecule has 0 spiro atoms. The van der Waals surface area contributed by atoms with Gasteiger partial charge in [0.2, 0.25) is 0 Å². The molecule has 0 nitrogen and oxygen atoms in total.